The van der Waals surface area contributed by atoms with Crippen LogP contribution in [0.4, 0.5) is 10.1 Å². The topological polar surface area (TPSA) is 56.1 Å². The molecule has 32 heavy (non-hydrogen) atoms. The first-order valence-corrected chi connectivity index (χ1v) is 10.3. The lowest BCUT2D eigenvalue weighted by Gasteiger charge is -2.11. The molecule has 5 nitrogen and oxygen atoms in total. The highest BCUT2D eigenvalue weighted by Crippen LogP contribution is 2.20. The summed E-state index contributed by atoms with van der Waals surface area (Å²) in [7, 11) is 0. The van der Waals surface area contributed by atoms with Crippen LogP contribution in [0.2, 0.25) is 0 Å². The first-order valence-electron chi connectivity index (χ1n) is 10.3. The minimum absolute atomic E-state index is 0.233. The maximum atomic E-state index is 13.4. The Morgan fingerprint density at radius 1 is 1.03 bits per heavy atom. The van der Waals surface area contributed by atoms with Crippen LogP contribution in [-0.4, -0.2) is 15.7 Å². The second-order valence-corrected chi connectivity index (χ2v) is 7.77. The summed E-state index contributed by atoms with van der Waals surface area (Å²) in [6, 6.07) is 19.7. The largest absolute Gasteiger partial charge is 0.489 e. The van der Waals surface area contributed by atoms with Crippen LogP contribution >= 0.6 is 0 Å². The quantitative estimate of drug-likeness (QED) is 0.421. The van der Waals surface area contributed by atoms with Gasteiger partial charge in [0.25, 0.3) is 5.91 Å². The molecule has 6 heteroatoms. The van der Waals surface area contributed by atoms with E-state index in [0.717, 1.165) is 22.4 Å². The maximum Gasteiger partial charge on any atom is 0.255 e. The Morgan fingerprint density at radius 3 is 2.66 bits per heavy atom. The van der Waals surface area contributed by atoms with Gasteiger partial charge in [0.05, 0.1) is 18.4 Å². The van der Waals surface area contributed by atoms with Gasteiger partial charge >= 0.3 is 0 Å². The molecule has 0 saturated carbocycles. The first-order chi connectivity index (χ1) is 15.5. The summed E-state index contributed by atoms with van der Waals surface area (Å²) in [4.78, 5) is 12.7. The predicted molar refractivity (Wildman–Crippen MR) is 122 cm³/mol. The Kier molecular flexibility index (Phi) is 6.31. The third kappa shape index (κ3) is 5.40. The lowest BCUT2D eigenvalue weighted by atomic mass is 10.1. The van der Waals surface area contributed by atoms with Crippen molar-refractivity contribution in [1.82, 2.24) is 9.78 Å². The molecular weight excluding hydrogens is 405 g/mol. The van der Waals surface area contributed by atoms with Gasteiger partial charge in [-0.1, -0.05) is 42.0 Å². The summed E-state index contributed by atoms with van der Waals surface area (Å²) in [5.74, 6) is 0.310. The van der Waals surface area contributed by atoms with Gasteiger partial charge in [-0.25, -0.2) is 4.39 Å². The summed E-state index contributed by atoms with van der Waals surface area (Å²) in [6.45, 7) is 4.85. The average Bonchev–Trinajstić information content (AvgIpc) is 3.20. The zero-order valence-electron chi connectivity index (χ0n) is 18.0. The number of rotatable bonds is 7. The molecule has 0 aliphatic carbocycles. The highest BCUT2D eigenvalue weighted by Gasteiger charge is 2.10. The highest BCUT2D eigenvalue weighted by molar-refractivity contribution is 6.04. The number of aromatic nitrogens is 2. The number of anilines is 1. The number of aryl methyl sites for hydroxylation is 2. The van der Waals surface area contributed by atoms with E-state index in [1.807, 2.05) is 50.2 Å². The van der Waals surface area contributed by atoms with Crippen molar-refractivity contribution in [1.29, 1.82) is 0 Å². The average molecular weight is 429 g/mol. The fourth-order valence-electron chi connectivity index (χ4n) is 3.46. The number of nitrogens with zero attached hydrogens (tertiary/aromatic N) is 2. The summed E-state index contributed by atoms with van der Waals surface area (Å²) >= 11 is 0. The van der Waals surface area contributed by atoms with Gasteiger partial charge in [0.15, 0.2) is 0 Å². The van der Waals surface area contributed by atoms with Crippen LogP contribution < -0.4 is 10.1 Å². The molecule has 1 heterocycles. The molecule has 0 aliphatic heterocycles. The van der Waals surface area contributed by atoms with Crippen molar-refractivity contribution < 1.29 is 13.9 Å². The molecule has 0 unspecified atom stereocenters. The van der Waals surface area contributed by atoms with E-state index >= 15 is 0 Å². The van der Waals surface area contributed by atoms with Crippen LogP contribution in [0.5, 0.6) is 5.75 Å². The van der Waals surface area contributed by atoms with E-state index in [-0.39, 0.29) is 11.7 Å². The van der Waals surface area contributed by atoms with E-state index in [9.17, 15) is 9.18 Å². The Balaban J connectivity index is 1.38. The smallest absolute Gasteiger partial charge is 0.255 e. The fraction of sp³-hybridized carbons (Fsp3) is 0.154. The number of hydrogen-bond acceptors (Lipinski definition) is 3. The number of benzene rings is 3. The third-order valence-electron chi connectivity index (χ3n) is 5.04. The van der Waals surface area contributed by atoms with Gasteiger partial charge in [0, 0.05) is 11.8 Å². The predicted octanol–water partition coefficient (Wildman–Crippen LogP) is 5.52. The molecule has 4 aromatic rings. The molecular formula is C26H24FN3O2. The van der Waals surface area contributed by atoms with E-state index in [1.54, 1.807) is 29.2 Å². The first kappa shape index (κ1) is 21.3. The molecule has 0 atom stereocenters. The maximum absolute atomic E-state index is 13.4. The van der Waals surface area contributed by atoms with Crippen LogP contribution in [0.1, 0.15) is 32.6 Å². The Hall–Kier alpha value is -3.93. The number of amides is 1. The zero-order valence-corrected chi connectivity index (χ0v) is 18.0. The molecule has 0 saturated heterocycles. The van der Waals surface area contributed by atoms with Crippen molar-refractivity contribution in [2.24, 2.45) is 0 Å². The Bertz CT molecular complexity index is 1250. The number of hydrogen-bond donors (Lipinski definition) is 1. The van der Waals surface area contributed by atoms with Gasteiger partial charge in [-0.15, -0.1) is 0 Å². The van der Waals surface area contributed by atoms with Crippen molar-refractivity contribution in [3.8, 4) is 5.75 Å². The van der Waals surface area contributed by atoms with Gasteiger partial charge in [-0.05, 0) is 60.9 Å². The Morgan fingerprint density at radius 2 is 1.84 bits per heavy atom. The number of carbonyl (C=O) groups is 1. The molecule has 1 N–H and O–H groups in total. The molecule has 4 rings (SSSR count). The number of halogens is 1. The normalized spacial score (nSPS) is 10.7. The van der Waals surface area contributed by atoms with Gasteiger partial charge in [-0.3, -0.25) is 9.48 Å². The lowest BCUT2D eigenvalue weighted by Crippen LogP contribution is -2.12. The van der Waals surface area contributed by atoms with Crippen LogP contribution in [0, 0.1) is 19.7 Å². The fourth-order valence-corrected chi connectivity index (χ4v) is 3.46. The molecule has 0 fully saturated rings. The number of nitrogens with one attached hydrogen (secondary N) is 1. The second kappa shape index (κ2) is 9.47. The van der Waals surface area contributed by atoms with Gasteiger partial charge < -0.3 is 10.1 Å². The lowest BCUT2D eigenvalue weighted by molar-refractivity contribution is 0.102. The summed E-state index contributed by atoms with van der Waals surface area (Å²) in [5.41, 5.74) is 5.07. The third-order valence-corrected chi connectivity index (χ3v) is 5.04. The van der Waals surface area contributed by atoms with Crippen molar-refractivity contribution >= 4 is 11.6 Å². The van der Waals surface area contributed by atoms with E-state index in [0.29, 0.717) is 24.4 Å². The second-order valence-electron chi connectivity index (χ2n) is 7.77. The van der Waals surface area contributed by atoms with Crippen molar-refractivity contribution in [2.45, 2.75) is 27.0 Å². The van der Waals surface area contributed by atoms with Crippen molar-refractivity contribution in [3.63, 3.8) is 0 Å². The van der Waals surface area contributed by atoms with Gasteiger partial charge in [0.2, 0.25) is 0 Å². The SMILES string of the molecule is Cc1ccc(OCc2cccc(C(=O)Nc3cnn(Cc4cccc(F)c4)c3)c2)c(C)c1. The minimum Gasteiger partial charge on any atom is -0.489 e. The molecule has 0 aliphatic rings. The molecule has 0 bridgehead atoms. The van der Waals surface area contributed by atoms with E-state index in [2.05, 4.69) is 16.5 Å². The van der Waals surface area contributed by atoms with Crippen molar-refractivity contribution in [3.05, 3.63) is 113 Å². The summed E-state index contributed by atoms with van der Waals surface area (Å²) in [5, 5.41) is 7.10. The number of ether oxygens (including phenoxy) is 1. The van der Waals surface area contributed by atoms with Crippen LogP contribution in [-0.2, 0) is 13.2 Å². The monoisotopic (exact) mass is 429 g/mol. The van der Waals surface area contributed by atoms with E-state index < -0.39 is 0 Å². The standard InChI is InChI=1S/C26H24FN3O2/c1-18-9-10-25(19(2)11-18)32-17-21-6-3-7-22(12-21)26(31)29-24-14-28-30(16-24)15-20-5-4-8-23(27)13-20/h3-14,16H,15,17H2,1-2H3,(H,29,31). The van der Waals surface area contributed by atoms with Gasteiger partial charge in [-0.2, -0.15) is 5.10 Å². The molecule has 0 radical (unpaired) electrons. The van der Waals surface area contributed by atoms with Crippen LogP contribution in [0.25, 0.3) is 0 Å². The summed E-state index contributed by atoms with van der Waals surface area (Å²) < 4.78 is 20.9. The molecule has 1 aromatic heterocycles. The Labute approximate surface area is 186 Å². The van der Waals surface area contributed by atoms with Crippen LogP contribution in [0.15, 0.2) is 79.1 Å². The van der Waals surface area contributed by atoms with E-state index in [1.165, 1.54) is 17.7 Å². The molecule has 1 amide bonds. The molecule has 3 aromatic carbocycles. The summed E-state index contributed by atoms with van der Waals surface area (Å²) in [6.07, 6.45) is 3.29. The van der Waals surface area contributed by atoms with E-state index in [4.69, 9.17) is 4.74 Å². The number of carbonyl (C=O) groups excluding carboxylic acids is 1. The molecule has 162 valence electrons. The van der Waals surface area contributed by atoms with Crippen molar-refractivity contribution in [2.75, 3.05) is 5.32 Å². The van der Waals surface area contributed by atoms with Crippen LogP contribution in [0.3, 0.4) is 0 Å². The minimum atomic E-state index is -0.287. The highest BCUT2D eigenvalue weighted by atomic mass is 19.1. The van der Waals surface area contributed by atoms with Gasteiger partial charge in [0.1, 0.15) is 18.2 Å². The zero-order chi connectivity index (χ0) is 22.5. The molecule has 0 spiro atoms.